The summed E-state index contributed by atoms with van der Waals surface area (Å²) in [6.07, 6.45) is 5.77. The molecule has 0 spiro atoms. The van der Waals surface area contributed by atoms with Crippen LogP contribution in [-0.2, 0) is 4.74 Å². The van der Waals surface area contributed by atoms with E-state index in [-0.39, 0.29) is 4.99 Å². The van der Waals surface area contributed by atoms with Crippen LogP contribution in [0.5, 0.6) is 0 Å². The van der Waals surface area contributed by atoms with Crippen LogP contribution in [0.25, 0.3) is 0 Å². The summed E-state index contributed by atoms with van der Waals surface area (Å²) in [5.41, 5.74) is 6.01. The Morgan fingerprint density at radius 2 is 2.39 bits per heavy atom. The number of thiocarbonyl (C=S) groups is 1. The Morgan fingerprint density at radius 1 is 1.56 bits per heavy atom. The molecule has 2 atom stereocenters. The van der Waals surface area contributed by atoms with E-state index in [0.717, 1.165) is 31.8 Å². The van der Waals surface area contributed by atoms with Crippen molar-refractivity contribution < 1.29 is 4.74 Å². The summed E-state index contributed by atoms with van der Waals surface area (Å²) in [5, 5.41) is 3.28. The van der Waals surface area contributed by atoms with Gasteiger partial charge in [0.2, 0.25) is 0 Å². The minimum Gasteiger partial charge on any atom is -0.388 e. The Hall–Kier alpha value is -1.27. The lowest BCUT2D eigenvalue weighted by atomic mass is 10.00. The van der Waals surface area contributed by atoms with Crippen LogP contribution in [0.15, 0.2) is 12.4 Å². The van der Waals surface area contributed by atoms with Crippen molar-refractivity contribution in [3.05, 3.63) is 18.1 Å². The zero-order chi connectivity index (χ0) is 13.0. The monoisotopic (exact) mass is 266 g/mol. The van der Waals surface area contributed by atoms with Gasteiger partial charge in [-0.25, -0.2) is 9.97 Å². The molecule has 0 aliphatic carbocycles. The Balaban J connectivity index is 1.88. The van der Waals surface area contributed by atoms with Gasteiger partial charge in [0.25, 0.3) is 0 Å². The van der Waals surface area contributed by atoms with E-state index in [1.807, 2.05) is 0 Å². The highest BCUT2D eigenvalue weighted by molar-refractivity contribution is 7.80. The second kappa shape index (κ2) is 6.06. The molecule has 98 valence electrons. The molecule has 1 aliphatic heterocycles. The number of nitrogens with one attached hydrogen (secondary N) is 1. The van der Waals surface area contributed by atoms with Gasteiger partial charge in [0.15, 0.2) is 0 Å². The SMILES string of the molecule is CCC1OCCC1CNc1cnc(C(N)=S)cn1. The van der Waals surface area contributed by atoms with Crippen molar-refractivity contribution in [2.24, 2.45) is 11.7 Å². The van der Waals surface area contributed by atoms with Crippen LogP contribution in [0.2, 0.25) is 0 Å². The minimum absolute atomic E-state index is 0.268. The molecule has 2 unspecified atom stereocenters. The number of ether oxygens (including phenoxy) is 1. The van der Waals surface area contributed by atoms with Gasteiger partial charge in [-0.1, -0.05) is 19.1 Å². The molecule has 1 aliphatic rings. The lowest BCUT2D eigenvalue weighted by molar-refractivity contribution is 0.0900. The van der Waals surface area contributed by atoms with Gasteiger partial charge >= 0.3 is 0 Å². The van der Waals surface area contributed by atoms with Gasteiger partial charge in [-0.05, 0) is 12.8 Å². The van der Waals surface area contributed by atoms with Crippen molar-refractivity contribution >= 4 is 23.0 Å². The third-order valence-electron chi connectivity index (χ3n) is 3.20. The van der Waals surface area contributed by atoms with Crippen molar-refractivity contribution in [1.82, 2.24) is 9.97 Å². The van der Waals surface area contributed by atoms with E-state index in [9.17, 15) is 0 Å². The molecule has 6 heteroatoms. The molecule has 0 aromatic carbocycles. The molecule has 0 radical (unpaired) electrons. The first-order chi connectivity index (χ1) is 8.70. The number of aromatic nitrogens is 2. The van der Waals surface area contributed by atoms with Crippen LogP contribution in [0.1, 0.15) is 25.5 Å². The summed E-state index contributed by atoms with van der Waals surface area (Å²) in [5.74, 6) is 1.30. The van der Waals surface area contributed by atoms with E-state index in [1.165, 1.54) is 0 Å². The molecule has 3 N–H and O–H groups in total. The summed E-state index contributed by atoms with van der Waals surface area (Å²) >= 11 is 4.83. The summed E-state index contributed by atoms with van der Waals surface area (Å²) < 4.78 is 5.64. The van der Waals surface area contributed by atoms with Crippen molar-refractivity contribution in [3.63, 3.8) is 0 Å². The number of hydrogen-bond donors (Lipinski definition) is 2. The van der Waals surface area contributed by atoms with Crippen LogP contribution >= 0.6 is 12.2 Å². The molecular formula is C12H18N4OS. The number of nitrogens with two attached hydrogens (primary N) is 1. The van der Waals surface area contributed by atoms with Crippen molar-refractivity contribution in [2.45, 2.75) is 25.9 Å². The average molecular weight is 266 g/mol. The van der Waals surface area contributed by atoms with Gasteiger partial charge in [0, 0.05) is 19.1 Å². The molecule has 0 amide bonds. The van der Waals surface area contributed by atoms with E-state index >= 15 is 0 Å². The lowest BCUT2D eigenvalue weighted by Crippen LogP contribution is -2.23. The van der Waals surface area contributed by atoms with E-state index in [2.05, 4.69) is 22.2 Å². The fourth-order valence-corrected chi connectivity index (χ4v) is 2.27. The maximum Gasteiger partial charge on any atom is 0.144 e. The van der Waals surface area contributed by atoms with E-state index in [4.69, 9.17) is 22.7 Å². The smallest absolute Gasteiger partial charge is 0.144 e. The van der Waals surface area contributed by atoms with Crippen molar-refractivity contribution in [1.29, 1.82) is 0 Å². The van der Waals surface area contributed by atoms with Crippen molar-refractivity contribution in [3.8, 4) is 0 Å². The van der Waals surface area contributed by atoms with Gasteiger partial charge in [0.1, 0.15) is 16.5 Å². The van der Waals surface area contributed by atoms with Gasteiger partial charge < -0.3 is 15.8 Å². The highest BCUT2D eigenvalue weighted by Gasteiger charge is 2.26. The topological polar surface area (TPSA) is 73.1 Å². The molecule has 0 saturated carbocycles. The Bertz CT molecular complexity index is 409. The largest absolute Gasteiger partial charge is 0.388 e. The summed E-state index contributed by atoms with van der Waals surface area (Å²) in [6.45, 7) is 3.87. The summed E-state index contributed by atoms with van der Waals surface area (Å²) in [7, 11) is 0. The summed E-state index contributed by atoms with van der Waals surface area (Å²) in [4.78, 5) is 8.64. The predicted molar refractivity (Wildman–Crippen MR) is 74.5 cm³/mol. The zero-order valence-electron chi connectivity index (χ0n) is 10.4. The van der Waals surface area contributed by atoms with Gasteiger partial charge in [-0.2, -0.15) is 0 Å². The fourth-order valence-electron chi connectivity index (χ4n) is 2.16. The minimum atomic E-state index is 0.268. The fraction of sp³-hybridized carbons (Fsp3) is 0.583. The molecule has 5 nitrogen and oxygen atoms in total. The maximum atomic E-state index is 5.64. The highest BCUT2D eigenvalue weighted by atomic mass is 32.1. The van der Waals surface area contributed by atoms with Crippen molar-refractivity contribution in [2.75, 3.05) is 18.5 Å². The third-order valence-corrected chi connectivity index (χ3v) is 3.41. The lowest BCUT2D eigenvalue weighted by Gasteiger charge is -2.17. The van der Waals surface area contributed by atoms with E-state index in [1.54, 1.807) is 12.4 Å². The second-order valence-corrected chi connectivity index (χ2v) is 4.84. The molecule has 1 saturated heterocycles. The zero-order valence-corrected chi connectivity index (χ0v) is 11.2. The molecule has 2 rings (SSSR count). The van der Waals surface area contributed by atoms with E-state index in [0.29, 0.717) is 17.7 Å². The van der Waals surface area contributed by atoms with E-state index < -0.39 is 0 Å². The summed E-state index contributed by atoms with van der Waals surface area (Å²) in [6, 6.07) is 0. The molecule has 1 aromatic rings. The molecule has 1 fully saturated rings. The number of anilines is 1. The normalized spacial score (nSPS) is 22.9. The Kier molecular flexibility index (Phi) is 4.43. The number of hydrogen-bond acceptors (Lipinski definition) is 5. The van der Waals surface area contributed by atoms with Crippen LogP contribution < -0.4 is 11.1 Å². The first-order valence-corrected chi connectivity index (χ1v) is 6.59. The second-order valence-electron chi connectivity index (χ2n) is 4.40. The molecule has 1 aromatic heterocycles. The van der Waals surface area contributed by atoms with Crippen LogP contribution in [-0.4, -0.2) is 34.2 Å². The Labute approximate surface area is 112 Å². The van der Waals surface area contributed by atoms with Gasteiger partial charge in [-0.3, -0.25) is 0 Å². The first-order valence-electron chi connectivity index (χ1n) is 6.18. The number of rotatable bonds is 5. The first kappa shape index (κ1) is 13.2. The highest BCUT2D eigenvalue weighted by Crippen LogP contribution is 2.23. The molecule has 0 bridgehead atoms. The molecule has 18 heavy (non-hydrogen) atoms. The average Bonchev–Trinajstić information content (AvgIpc) is 2.84. The molecular weight excluding hydrogens is 248 g/mol. The van der Waals surface area contributed by atoms with Gasteiger partial charge in [0.05, 0.1) is 18.5 Å². The quantitative estimate of drug-likeness (QED) is 0.784. The van der Waals surface area contributed by atoms with Gasteiger partial charge in [-0.15, -0.1) is 0 Å². The van der Waals surface area contributed by atoms with Crippen LogP contribution in [0.3, 0.4) is 0 Å². The predicted octanol–water partition coefficient (Wildman–Crippen LogP) is 1.34. The third kappa shape index (κ3) is 3.14. The number of nitrogens with zero attached hydrogens (tertiary/aromatic N) is 2. The Morgan fingerprint density at radius 3 is 3.00 bits per heavy atom. The maximum absolute atomic E-state index is 5.64. The van der Waals surface area contributed by atoms with Crippen LogP contribution in [0.4, 0.5) is 5.82 Å². The standard InChI is InChI=1S/C12H18N4OS/c1-2-10-8(3-4-17-10)5-15-11-7-14-9(6-16-11)12(13)18/h6-8,10H,2-5H2,1H3,(H2,13,18)(H,15,16). The molecule has 2 heterocycles. The van der Waals surface area contributed by atoms with Crippen LogP contribution in [0, 0.1) is 5.92 Å².